The number of nitrogens with zero attached hydrogens (tertiary/aromatic N) is 4. The molecule has 5 heterocycles. The van der Waals surface area contributed by atoms with E-state index in [1.54, 1.807) is 11.0 Å². The molecule has 0 saturated carbocycles. The smallest absolute Gasteiger partial charge is 0.255 e. The SMILES string of the molecule is O=C1CCC(N2Cc3cc(OC[C@@H]4CCCCN4Cc4ccnc(N5CCOCC5)c4)ccc3C2=O)C(=O)N1. The monoisotopic (exact) mass is 533 g/mol. The van der Waals surface area contributed by atoms with Gasteiger partial charge in [0, 0.05) is 50.4 Å². The Balaban J connectivity index is 1.08. The molecule has 1 unspecified atom stereocenters. The summed E-state index contributed by atoms with van der Waals surface area (Å²) in [5.74, 6) is 0.899. The molecule has 4 aliphatic rings. The van der Waals surface area contributed by atoms with Gasteiger partial charge in [0.25, 0.3) is 5.91 Å². The maximum atomic E-state index is 13.0. The van der Waals surface area contributed by atoms with E-state index in [0.29, 0.717) is 31.2 Å². The van der Waals surface area contributed by atoms with Crippen LogP contribution in [0.3, 0.4) is 0 Å². The van der Waals surface area contributed by atoms with E-state index in [1.807, 2.05) is 18.3 Å². The first-order valence-corrected chi connectivity index (χ1v) is 14.0. The molecule has 39 heavy (non-hydrogen) atoms. The molecule has 4 aliphatic heterocycles. The second-order valence-electron chi connectivity index (χ2n) is 10.8. The first-order valence-electron chi connectivity index (χ1n) is 14.0. The first kappa shape index (κ1) is 25.8. The van der Waals surface area contributed by atoms with Crippen LogP contribution in [-0.4, -0.2) is 84.0 Å². The molecule has 2 atom stereocenters. The number of amides is 3. The van der Waals surface area contributed by atoms with Gasteiger partial charge in [-0.05, 0) is 67.3 Å². The van der Waals surface area contributed by atoms with Crippen molar-refractivity contribution in [3.8, 4) is 5.75 Å². The largest absolute Gasteiger partial charge is 0.492 e. The first-order chi connectivity index (χ1) is 19.0. The fraction of sp³-hybridized carbons (Fsp3) is 0.517. The standard InChI is InChI=1S/C29H35N5O5/c35-27-7-6-25(28(36)31-27)34-18-21-16-23(4-5-24(21)29(34)37)39-19-22-3-1-2-10-33(22)17-20-8-9-30-26(15-20)32-11-13-38-14-12-32/h4-5,8-9,15-16,22,25H,1-3,6-7,10-14,17-19H2,(H,31,35,36)/t22-,25?/m0/s1. The van der Waals surface area contributed by atoms with Crippen LogP contribution >= 0.6 is 0 Å². The zero-order valence-electron chi connectivity index (χ0n) is 22.1. The highest BCUT2D eigenvalue weighted by atomic mass is 16.5. The molecule has 0 aliphatic carbocycles. The number of hydrogen-bond donors (Lipinski definition) is 1. The van der Waals surface area contributed by atoms with Crippen LogP contribution < -0.4 is 15.0 Å². The van der Waals surface area contributed by atoms with Crippen molar-refractivity contribution in [3.63, 3.8) is 0 Å². The van der Waals surface area contributed by atoms with Crippen LogP contribution in [-0.2, 0) is 27.4 Å². The summed E-state index contributed by atoms with van der Waals surface area (Å²) in [6.07, 6.45) is 5.94. The third kappa shape index (κ3) is 5.62. The molecule has 3 amide bonds. The molecule has 2 aromatic rings. The Morgan fingerprint density at radius 3 is 2.74 bits per heavy atom. The molecule has 1 aromatic carbocycles. The van der Waals surface area contributed by atoms with E-state index < -0.39 is 11.9 Å². The molecule has 6 rings (SSSR count). The fourth-order valence-electron chi connectivity index (χ4n) is 6.05. The molecular weight excluding hydrogens is 498 g/mol. The molecule has 1 aromatic heterocycles. The van der Waals surface area contributed by atoms with E-state index in [4.69, 9.17) is 9.47 Å². The topological polar surface area (TPSA) is 104 Å². The molecule has 10 nitrogen and oxygen atoms in total. The van der Waals surface area contributed by atoms with Crippen molar-refractivity contribution in [1.29, 1.82) is 0 Å². The van der Waals surface area contributed by atoms with Gasteiger partial charge in [0.05, 0.1) is 13.2 Å². The molecule has 0 bridgehead atoms. The number of hydrogen-bond acceptors (Lipinski definition) is 8. The van der Waals surface area contributed by atoms with Gasteiger partial charge in [-0.25, -0.2) is 4.98 Å². The van der Waals surface area contributed by atoms with Crippen molar-refractivity contribution in [2.75, 3.05) is 44.4 Å². The van der Waals surface area contributed by atoms with Crippen molar-refractivity contribution in [2.45, 2.75) is 57.3 Å². The lowest BCUT2D eigenvalue weighted by molar-refractivity contribution is -0.136. The van der Waals surface area contributed by atoms with E-state index in [9.17, 15) is 14.4 Å². The average Bonchev–Trinajstić information content (AvgIpc) is 3.28. The van der Waals surface area contributed by atoms with Gasteiger partial charge in [-0.1, -0.05) is 6.42 Å². The molecule has 0 spiro atoms. The minimum atomic E-state index is -0.611. The molecule has 0 radical (unpaired) electrons. The zero-order valence-corrected chi connectivity index (χ0v) is 22.1. The predicted octanol–water partition coefficient (Wildman–Crippen LogP) is 2.11. The van der Waals surface area contributed by atoms with Gasteiger partial charge in [0.15, 0.2) is 0 Å². The second-order valence-corrected chi connectivity index (χ2v) is 10.8. The van der Waals surface area contributed by atoms with Crippen LogP contribution in [0.25, 0.3) is 0 Å². The van der Waals surface area contributed by atoms with Crippen molar-refractivity contribution < 1.29 is 23.9 Å². The van der Waals surface area contributed by atoms with Crippen molar-refractivity contribution in [1.82, 2.24) is 20.1 Å². The number of carbonyl (C=O) groups is 3. The number of carbonyl (C=O) groups excluding carboxylic acids is 3. The van der Waals surface area contributed by atoms with E-state index >= 15 is 0 Å². The van der Waals surface area contributed by atoms with Crippen LogP contribution in [0, 0.1) is 0 Å². The van der Waals surface area contributed by atoms with Crippen LogP contribution in [0.4, 0.5) is 5.82 Å². The minimum Gasteiger partial charge on any atom is -0.492 e. The molecule has 10 heteroatoms. The number of likely N-dealkylation sites (tertiary alicyclic amines) is 1. The third-order valence-corrected chi connectivity index (χ3v) is 8.22. The summed E-state index contributed by atoms with van der Waals surface area (Å²) in [6, 6.07) is 9.54. The summed E-state index contributed by atoms with van der Waals surface area (Å²) >= 11 is 0. The number of piperidine rings is 2. The zero-order chi connectivity index (χ0) is 26.8. The second kappa shape index (κ2) is 11.3. The number of morpholine rings is 1. The number of nitrogens with one attached hydrogen (secondary N) is 1. The summed E-state index contributed by atoms with van der Waals surface area (Å²) in [5.41, 5.74) is 2.71. The number of ether oxygens (including phenoxy) is 2. The van der Waals surface area contributed by atoms with Crippen molar-refractivity contribution in [2.24, 2.45) is 0 Å². The number of rotatable bonds is 7. The van der Waals surface area contributed by atoms with Gasteiger partial charge in [-0.15, -0.1) is 0 Å². The summed E-state index contributed by atoms with van der Waals surface area (Å²) in [7, 11) is 0. The Kier molecular flexibility index (Phi) is 7.47. The predicted molar refractivity (Wildman–Crippen MR) is 143 cm³/mol. The maximum Gasteiger partial charge on any atom is 0.255 e. The van der Waals surface area contributed by atoms with Gasteiger partial charge >= 0.3 is 0 Å². The highest BCUT2D eigenvalue weighted by Crippen LogP contribution is 2.31. The van der Waals surface area contributed by atoms with Gasteiger partial charge in [0.1, 0.15) is 24.2 Å². The number of benzene rings is 1. The summed E-state index contributed by atoms with van der Waals surface area (Å²) in [6.45, 7) is 6.02. The molecule has 3 saturated heterocycles. The lowest BCUT2D eigenvalue weighted by atomic mass is 10.0. The normalized spacial score (nSPS) is 24.1. The highest BCUT2D eigenvalue weighted by molar-refractivity contribution is 6.05. The Bertz CT molecular complexity index is 1250. The molecule has 206 valence electrons. The Hall–Kier alpha value is -3.50. The van der Waals surface area contributed by atoms with Crippen molar-refractivity contribution in [3.05, 3.63) is 53.2 Å². The molecule has 3 fully saturated rings. The number of fused-ring (bicyclic) bond motifs is 1. The Morgan fingerprint density at radius 1 is 1.03 bits per heavy atom. The van der Waals surface area contributed by atoms with Crippen LogP contribution in [0.2, 0.25) is 0 Å². The average molecular weight is 534 g/mol. The van der Waals surface area contributed by atoms with Gasteiger partial charge in [0.2, 0.25) is 11.8 Å². The fourth-order valence-corrected chi connectivity index (χ4v) is 6.05. The summed E-state index contributed by atoms with van der Waals surface area (Å²) in [5, 5.41) is 2.35. The third-order valence-electron chi connectivity index (χ3n) is 8.22. The van der Waals surface area contributed by atoms with E-state index in [0.717, 1.165) is 62.9 Å². The lowest BCUT2D eigenvalue weighted by Gasteiger charge is -2.36. The van der Waals surface area contributed by atoms with Crippen LogP contribution in [0.5, 0.6) is 5.75 Å². The Labute approximate surface area is 228 Å². The van der Waals surface area contributed by atoms with Gasteiger partial charge in [-0.2, -0.15) is 0 Å². The van der Waals surface area contributed by atoms with E-state index in [-0.39, 0.29) is 18.2 Å². The number of pyridine rings is 1. The maximum absolute atomic E-state index is 13.0. The lowest BCUT2D eigenvalue weighted by Crippen LogP contribution is -2.52. The van der Waals surface area contributed by atoms with Crippen LogP contribution in [0.1, 0.15) is 53.6 Å². The quantitative estimate of drug-likeness (QED) is 0.540. The number of imide groups is 1. The number of aromatic nitrogens is 1. The number of anilines is 1. The molecule has 1 N–H and O–H groups in total. The van der Waals surface area contributed by atoms with Gasteiger partial charge < -0.3 is 19.3 Å². The van der Waals surface area contributed by atoms with E-state index in [2.05, 4.69) is 32.2 Å². The summed E-state index contributed by atoms with van der Waals surface area (Å²) in [4.78, 5) is 47.8. The highest BCUT2D eigenvalue weighted by Gasteiger charge is 2.39. The van der Waals surface area contributed by atoms with Crippen LogP contribution in [0.15, 0.2) is 36.5 Å². The Morgan fingerprint density at radius 2 is 1.90 bits per heavy atom. The van der Waals surface area contributed by atoms with E-state index in [1.165, 1.54) is 18.4 Å². The summed E-state index contributed by atoms with van der Waals surface area (Å²) < 4.78 is 11.8. The molecular formula is C29H35N5O5. The van der Waals surface area contributed by atoms with Crippen molar-refractivity contribution >= 4 is 23.5 Å². The minimum absolute atomic E-state index is 0.168. The van der Waals surface area contributed by atoms with Gasteiger partial charge in [-0.3, -0.25) is 24.6 Å².